The third kappa shape index (κ3) is 3.74. The van der Waals surface area contributed by atoms with Crippen LogP contribution in [-0.2, 0) is 9.53 Å². The molecule has 0 aliphatic carbocycles. The van der Waals surface area contributed by atoms with Gasteiger partial charge in [0, 0.05) is 13.3 Å². The van der Waals surface area contributed by atoms with Crippen molar-refractivity contribution in [3.63, 3.8) is 0 Å². The molecule has 0 spiro atoms. The first-order chi connectivity index (χ1) is 10.2. The summed E-state index contributed by atoms with van der Waals surface area (Å²) in [6.45, 7) is 2.69. The topological polar surface area (TPSA) is 77.2 Å². The summed E-state index contributed by atoms with van der Waals surface area (Å²) < 4.78 is 7.40. The van der Waals surface area contributed by atoms with Gasteiger partial charge in [0.15, 0.2) is 5.16 Å². The van der Waals surface area contributed by atoms with Crippen LogP contribution in [0.2, 0.25) is 0 Å². The lowest BCUT2D eigenvalue weighted by Gasteiger charge is -2.20. The van der Waals surface area contributed by atoms with Gasteiger partial charge in [-0.15, -0.1) is 0 Å². The molecule has 0 fully saturated rings. The number of carboxylic acid groups (broad SMARTS) is 1. The van der Waals surface area contributed by atoms with Gasteiger partial charge >= 0.3 is 5.97 Å². The lowest BCUT2D eigenvalue weighted by atomic mass is 10.2. The first-order valence-corrected chi connectivity index (χ1v) is 7.81. The number of hydrogen-bond donors (Lipinski definition) is 1. The minimum atomic E-state index is -0.851. The van der Waals surface area contributed by atoms with Crippen molar-refractivity contribution in [1.29, 1.82) is 0 Å². The Labute approximate surface area is 127 Å². The van der Waals surface area contributed by atoms with Crippen LogP contribution in [0.4, 0.5) is 0 Å². The number of rotatable bonds is 8. The van der Waals surface area contributed by atoms with Gasteiger partial charge in [-0.3, -0.25) is 9.78 Å². The number of carboxylic acids is 1. The van der Waals surface area contributed by atoms with Crippen LogP contribution in [0.25, 0.3) is 11.0 Å². The van der Waals surface area contributed by atoms with E-state index in [1.165, 1.54) is 11.8 Å². The second-order valence-corrected chi connectivity index (χ2v) is 5.65. The Morgan fingerprint density at radius 2 is 2.38 bits per heavy atom. The summed E-state index contributed by atoms with van der Waals surface area (Å²) in [6, 6.07) is 2.05. The molecule has 1 unspecified atom stereocenters. The lowest BCUT2D eigenvalue weighted by Crippen LogP contribution is -2.16. The fourth-order valence-corrected chi connectivity index (χ4v) is 3.12. The van der Waals surface area contributed by atoms with Gasteiger partial charge in [0.05, 0.1) is 30.1 Å². The van der Waals surface area contributed by atoms with E-state index < -0.39 is 5.97 Å². The molecule has 0 saturated carbocycles. The van der Waals surface area contributed by atoms with Crippen molar-refractivity contribution in [2.24, 2.45) is 0 Å². The number of pyridine rings is 1. The van der Waals surface area contributed by atoms with Crippen LogP contribution in [-0.4, -0.2) is 45.1 Å². The monoisotopic (exact) mass is 309 g/mol. The average molecular weight is 309 g/mol. The molecule has 0 radical (unpaired) electrons. The third-order valence-corrected chi connectivity index (χ3v) is 4.07. The smallest absolute Gasteiger partial charge is 0.313 e. The van der Waals surface area contributed by atoms with Crippen LogP contribution < -0.4 is 0 Å². The van der Waals surface area contributed by atoms with E-state index in [9.17, 15) is 4.79 Å². The van der Waals surface area contributed by atoms with Crippen molar-refractivity contribution in [3.8, 4) is 0 Å². The van der Waals surface area contributed by atoms with Gasteiger partial charge in [-0.25, -0.2) is 4.98 Å². The van der Waals surface area contributed by atoms with Crippen molar-refractivity contribution >= 4 is 28.8 Å². The van der Waals surface area contributed by atoms with Gasteiger partial charge < -0.3 is 14.4 Å². The van der Waals surface area contributed by atoms with Crippen LogP contribution in [0, 0.1) is 0 Å². The zero-order valence-electron chi connectivity index (χ0n) is 12.2. The minimum absolute atomic E-state index is 0.0113. The van der Waals surface area contributed by atoms with Gasteiger partial charge in [-0.2, -0.15) is 0 Å². The van der Waals surface area contributed by atoms with Crippen LogP contribution in [0.3, 0.4) is 0 Å². The maximum Gasteiger partial charge on any atom is 0.313 e. The maximum absolute atomic E-state index is 10.8. The molecule has 1 atom stereocenters. The van der Waals surface area contributed by atoms with Crippen molar-refractivity contribution < 1.29 is 14.6 Å². The number of ether oxygens (including phenoxy) is 1. The van der Waals surface area contributed by atoms with Crippen LogP contribution in [0.5, 0.6) is 0 Å². The van der Waals surface area contributed by atoms with Crippen LogP contribution in [0.1, 0.15) is 25.8 Å². The summed E-state index contributed by atoms with van der Waals surface area (Å²) in [5.74, 6) is -0.863. The number of thioether (sulfide) groups is 1. The van der Waals surface area contributed by atoms with E-state index >= 15 is 0 Å². The van der Waals surface area contributed by atoms with Crippen molar-refractivity contribution in [2.45, 2.75) is 31.0 Å². The Hall–Kier alpha value is -1.60. The summed E-state index contributed by atoms with van der Waals surface area (Å²) >= 11 is 1.23. The number of imidazole rings is 1. The second kappa shape index (κ2) is 7.42. The molecule has 0 aliphatic heterocycles. The summed E-state index contributed by atoms with van der Waals surface area (Å²) in [5, 5.41) is 9.60. The highest BCUT2D eigenvalue weighted by molar-refractivity contribution is 7.99. The predicted molar refractivity (Wildman–Crippen MR) is 81.7 cm³/mol. The summed E-state index contributed by atoms with van der Waals surface area (Å²) in [5.41, 5.74) is 1.75. The predicted octanol–water partition coefficient (Wildman–Crippen LogP) is 2.60. The van der Waals surface area contributed by atoms with Crippen LogP contribution in [0.15, 0.2) is 23.6 Å². The number of hydrogen-bond acceptors (Lipinski definition) is 5. The highest BCUT2D eigenvalue weighted by Crippen LogP contribution is 2.29. The fourth-order valence-electron chi connectivity index (χ4n) is 2.32. The standard InChI is InChI=1S/C14H19N3O3S/c1-3-4-10(8-20-2)17-12-5-6-15-7-11(12)16-14(17)21-9-13(18)19/h5-7,10H,3-4,8-9H2,1-2H3,(H,18,19). The quantitative estimate of drug-likeness (QED) is 0.755. The second-order valence-electron chi connectivity index (χ2n) is 4.71. The molecule has 114 valence electrons. The molecular weight excluding hydrogens is 290 g/mol. The Morgan fingerprint density at radius 3 is 3.05 bits per heavy atom. The molecule has 0 bridgehead atoms. The molecule has 21 heavy (non-hydrogen) atoms. The highest BCUT2D eigenvalue weighted by Gasteiger charge is 2.19. The van der Waals surface area contributed by atoms with Crippen molar-refractivity contribution in [2.75, 3.05) is 19.5 Å². The molecule has 7 heteroatoms. The van der Waals surface area contributed by atoms with E-state index in [0.717, 1.165) is 23.9 Å². The molecule has 2 heterocycles. The van der Waals surface area contributed by atoms with Gasteiger partial charge in [0.2, 0.25) is 0 Å². The number of nitrogens with zero attached hydrogens (tertiary/aromatic N) is 3. The Kier molecular flexibility index (Phi) is 5.58. The number of aromatic nitrogens is 3. The zero-order valence-corrected chi connectivity index (χ0v) is 13.0. The molecule has 6 nitrogen and oxygen atoms in total. The van der Waals surface area contributed by atoms with E-state index in [0.29, 0.717) is 11.8 Å². The first-order valence-electron chi connectivity index (χ1n) is 6.82. The Morgan fingerprint density at radius 1 is 1.57 bits per heavy atom. The maximum atomic E-state index is 10.8. The van der Waals surface area contributed by atoms with E-state index in [2.05, 4.69) is 21.5 Å². The average Bonchev–Trinajstić information content (AvgIpc) is 2.83. The summed E-state index contributed by atoms with van der Waals surface area (Å²) in [6.07, 6.45) is 5.39. The molecule has 0 amide bonds. The van der Waals surface area contributed by atoms with Crippen molar-refractivity contribution in [1.82, 2.24) is 14.5 Å². The zero-order chi connectivity index (χ0) is 15.2. The molecule has 0 aromatic carbocycles. The molecule has 0 saturated heterocycles. The molecular formula is C14H19N3O3S. The minimum Gasteiger partial charge on any atom is -0.481 e. The molecule has 2 aromatic heterocycles. The lowest BCUT2D eigenvalue weighted by molar-refractivity contribution is -0.133. The van der Waals surface area contributed by atoms with Crippen LogP contribution >= 0.6 is 11.8 Å². The van der Waals surface area contributed by atoms with E-state index in [-0.39, 0.29) is 11.8 Å². The summed E-state index contributed by atoms with van der Waals surface area (Å²) in [7, 11) is 1.67. The number of methoxy groups -OCH3 is 1. The van der Waals surface area contributed by atoms with Gasteiger partial charge in [-0.1, -0.05) is 25.1 Å². The third-order valence-electron chi connectivity index (χ3n) is 3.13. The highest BCUT2D eigenvalue weighted by atomic mass is 32.2. The molecule has 2 rings (SSSR count). The number of aliphatic carboxylic acids is 1. The van der Waals surface area contributed by atoms with E-state index in [1.54, 1.807) is 19.5 Å². The number of carbonyl (C=O) groups is 1. The van der Waals surface area contributed by atoms with Gasteiger partial charge in [0.1, 0.15) is 5.52 Å². The van der Waals surface area contributed by atoms with Gasteiger partial charge in [0.25, 0.3) is 0 Å². The first kappa shape index (κ1) is 15.8. The Balaban J connectivity index is 2.44. The van der Waals surface area contributed by atoms with Crippen molar-refractivity contribution in [3.05, 3.63) is 18.5 Å². The summed E-state index contributed by atoms with van der Waals surface area (Å²) in [4.78, 5) is 19.4. The normalized spacial score (nSPS) is 12.7. The number of fused-ring (bicyclic) bond motifs is 1. The van der Waals surface area contributed by atoms with Gasteiger partial charge in [-0.05, 0) is 12.5 Å². The largest absolute Gasteiger partial charge is 0.481 e. The SMILES string of the molecule is CCCC(COC)n1c(SCC(=O)O)nc2cnccc21. The fraction of sp³-hybridized carbons (Fsp3) is 0.500. The molecule has 0 aliphatic rings. The van der Waals surface area contributed by atoms with E-state index in [1.807, 2.05) is 6.07 Å². The molecule has 2 aromatic rings. The molecule has 1 N–H and O–H groups in total. The van der Waals surface area contributed by atoms with E-state index in [4.69, 9.17) is 9.84 Å². The Bertz CT molecular complexity index is 609.